The Morgan fingerprint density at radius 3 is 2.50 bits per heavy atom. The summed E-state index contributed by atoms with van der Waals surface area (Å²) in [5.41, 5.74) is 6.51. The zero-order valence-electron chi connectivity index (χ0n) is 11.3. The maximum atomic E-state index is 11.9. The highest BCUT2D eigenvalue weighted by Crippen LogP contribution is 2.22. The molecule has 0 spiro atoms. The summed E-state index contributed by atoms with van der Waals surface area (Å²) in [4.78, 5) is 13.6. The Balaban J connectivity index is 2.66. The third-order valence-electron chi connectivity index (χ3n) is 3.17. The van der Waals surface area contributed by atoms with E-state index in [0.29, 0.717) is 13.0 Å². The molecule has 100 valence electrons. The lowest BCUT2D eigenvalue weighted by atomic mass is 10.1. The number of nitrogens with two attached hydrogens (primary N) is 1. The number of rotatable bonds is 6. The molecule has 0 bridgehead atoms. The fourth-order valence-corrected chi connectivity index (χ4v) is 1.75. The first-order chi connectivity index (χ1) is 8.60. The van der Waals surface area contributed by atoms with E-state index >= 15 is 0 Å². The van der Waals surface area contributed by atoms with E-state index < -0.39 is 0 Å². The molecule has 1 unspecified atom stereocenters. The maximum absolute atomic E-state index is 11.9. The second kappa shape index (κ2) is 7.01. The van der Waals surface area contributed by atoms with E-state index in [1.807, 2.05) is 38.2 Å². The SMILES string of the molecule is COc1ccc(C(C)N(C)C(=O)CCCN)cc1. The molecular weight excluding hydrogens is 228 g/mol. The van der Waals surface area contributed by atoms with Crippen LogP contribution in [0.4, 0.5) is 0 Å². The molecule has 0 aliphatic carbocycles. The van der Waals surface area contributed by atoms with Gasteiger partial charge in [-0.15, -0.1) is 0 Å². The van der Waals surface area contributed by atoms with Gasteiger partial charge in [0, 0.05) is 13.5 Å². The number of hydrogen-bond acceptors (Lipinski definition) is 3. The molecule has 0 radical (unpaired) electrons. The highest BCUT2D eigenvalue weighted by atomic mass is 16.5. The molecule has 0 aliphatic rings. The van der Waals surface area contributed by atoms with Crippen LogP contribution in [0.15, 0.2) is 24.3 Å². The number of nitrogens with zero attached hydrogens (tertiary/aromatic N) is 1. The van der Waals surface area contributed by atoms with Crippen LogP contribution in [-0.2, 0) is 4.79 Å². The Labute approximate surface area is 109 Å². The Bertz CT molecular complexity index is 376. The van der Waals surface area contributed by atoms with Crippen molar-refractivity contribution in [2.45, 2.75) is 25.8 Å². The summed E-state index contributed by atoms with van der Waals surface area (Å²) in [5.74, 6) is 0.951. The Morgan fingerprint density at radius 1 is 1.39 bits per heavy atom. The zero-order chi connectivity index (χ0) is 13.5. The van der Waals surface area contributed by atoms with Gasteiger partial charge >= 0.3 is 0 Å². The van der Waals surface area contributed by atoms with Crippen LogP contribution in [0.2, 0.25) is 0 Å². The van der Waals surface area contributed by atoms with Gasteiger partial charge in [0.15, 0.2) is 0 Å². The number of carbonyl (C=O) groups excluding carboxylic acids is 1. The third-order valence-corrected chi connectivity index (χ3v) is 3.17. The van der Waals surface area contributed by atoms with Crippen LogP contribution in [0.25, 0.3) is 0 Å². The Kier molecular flexibility index (Phi) is 5.65. The summed E-state index contributed by atoms with van der Waals surface area (Å²) in [6.45, 7) is 2.57. The van der Waals surface area contributed by atoms with Gasteiger partial charge in [-0.2, -0.15) is 0 Å². The van der Waals surface area contributed by atoms with Gasteiger partial charge in [-0.05, 0) is 37.6 Å². The van der Waals surface area contributed by atoms with Crippen molar-refractivity contribution in [2.24, 2.45) is 5.73 Å². The Hall–Kier alpha value is -1.55. The Morgan fingerprint density at radius 2 is 2.00 bits per heavy atom. The molecule has 0 heterocycles. The van der Waals surface area contributed by atoms with E-state index in [1.165, 1.54) is 0 Å². The number of amides is 1. The molecule has 0 aliphatic heterocycles. The normalized spacial score (nSPS) is 12.0. The van der Waals surface area contributed by atoms with Crippen LogP contribution >= 0.6 is 0 Å². The summed E-state index contributed by atoms with van der Waals surface area (Å²) in [5, 5.41) is 0. The van der Waals surface area contributed by atoms with Gasteiger partial charge in [0.1, 0.15) is 5.75 Å². The predicted octanol–water partition coefficient (Wildman–Crippen LogP) is 1.95. The highest BCUT2D eigenvalue weighted by molar-refractivity contribution is 5.76. The molecule has 18 heavy (non-hydrogen) atoms. The second-order valence-corrected chi connectivity index (χ2v) is 4.35. The first kappa shape index (κ1) is 14.5. The standard InChI is InChI=1S/C14H22N2O2/c1-11(16(2)14(17)5-4-10-15)12-6-8-13(18-3)9-7-12/h6-9,11H,4-5,10,15H2,1-3H3. The van der Waals surface area contributed by atoms with Crippen LogP contribution < -0.4 is 10.5 Å². The van der Waals surface area contributed by atoms with Crippen molar-refractivity contribution < 1.29 is 9.53 Å². The third kappa shape index (κ3) is 3.74. The maximum Gasteiger partial charge on any atom is 0.222 e. The number of carbonyl (C=O) groups is 1. The summed E-state index contributed by atoms with van der Waals surface area (Å²) < 4.78 is 5.12. The monoisotopic (exact) mass is 250 g/mol. The number of hydrogen-bond donors (Lipinski definition) is 1. The van der Waals surface area contributed by atoms with Gasteiger partial charge in [0.2, 0.25) is 5.91 Å². The molecule has 0 saturated carbocycles. The minimum atomic E-state index is 0.0566. The summed E-state index contributed by atoms with van der Waals surface area (Å²) >= 11 is 0. The average molecular weight is 250 g/mol. The largest absolute Gasteiger partial charge is 0.497 e. The van der Waals surface area contributed by atoms with E-state index in [9.17, 15) is 4.79 Å². The topological polar surface area (TPSA) is 55.6 Å². The lowest BCUT2D eigenvalue weighted by Crippen LogP contribution is -2.29. The lowest BCUT2D eigenvalue weighted by molar-refractivity contribution is -0.131. The summed E-state index contributed by atoms with van der Waals surface area (Å²) in [7, 11) is 3.47. The van der Waals surface area contributed by atoms with Crippen molar-refractivity contribution in [3.05, 3.63) is 29.8 Å². The van der Waals surface area contributed by atoms with Gasteiger partial charge in [-0.3, -0.25) is 4.79 Å². The summed E-state index contributed by atoms with van der Waals surface area (Å²) in [6.07, 6.45) is 1.24. The van der Waals surface area contributed by atoms with Gasteiger partial charge in [0.05, 0.1) is 13.2 Å². The van der Waals surface area contributed by atoms with Crippen molar-refractivity contribution in [1.82, 2.24) is 4.90 Å². The molecular formula is C14H22N2O2. The van der Waals surface area contributed by atoms with E-state index in [4.69, 9.17) is 10.5 Å². The fraction of sp³-hybridized carbons (Fsp3) is 0.500. The first-order valence-corrected chi connectivity index (χ1v) is 6.19. The van der Waals surface area contributed by atoms with Crippen LogP contribution in [0.1, 0.15) is 31.4 Å². The van der Waals surface area contributed by atoms with Crippen molar-refractivity contribution in [3.63, 3.8) is 0 Å². The molecule has 1 aromatic carbocycles. The highest BCUT2D eigenvalue weighted by Gasteiger charge is 2.16. The van der Waals surface area contributed by atoms with E-state index in [1.54, 1.807) is 12.0 Å². The van der Waals surface area contributed by atoms with Crippen molar-refractivity contribution in [1.29, 1.82) is 0 Å². The average Bonchev–Trinajstić information content (AvgIpc) is 2.43. The lowest BCUT2D eigenvalue weighted by Gasteiger charge is -2.25. The van der Waals surface area contributed by atoms with Crippen molar-refractivity contribution in [2.75, 3.05) is 20.7 Å². The van der Waals surface area contributed by atoms with Crippen molar-refractivity contribution >= 4 is 5.91 Å². The molecule has 1 aromatic rings. The molecule has 1 rings (SSSR count). The van der Waals surface area contributed by atoms with Crippen LogP contribution in [-0.4, -0.2) is 31.5 Å². The van der Waals surface area contributed by atoms with Gasteiger partial charge < -0.3 is 15.4 Å². The molecule has 4 heteroatoms. The number of ether oxygens (including phenoxy) is 1. The van der Waals surface area contributed by atoms with Gasteiger partial charge in [-0.25, -0.2) is 0 Å². The molecule has 1 amide bonds. The zero-order valence-corrected chi connectivity index (χ0v) is 11.3. The van der Waals surface area contributed by atoms with Crippen LogP contribution in [0.5, 0.6) is 5.75 Å². The number of benzene rings is 1. The summed E-state index contributed by atoms with van der Waals surface area (Å²) in [6, 6.07) is 7.83. The minimum Gasteiger partial charge on any atom is -0.497 e. The smallest absolute Gasteiger partial charge is 0.222 e. The van der Waals surface area contributed by atoms with E-state index in [-0.39, 0.29) is 11.9 Å². The molecule has 0 fully saturated rings. The molecule has 1 atom stereocenters. The molecule has 4 nitrogen and oxygen atoms in total. The first-order valence-electron chi connectivity index (χ1n) is 6.19. The van der Waals surface area contributed by atoms with Gasteiger partial charge in [-0.1, -0.05) is 12.1 Å². The number of methoxy groups -OCH3 is 1. The molecule has 0 aromatic heterocycles. The molecule has 0 saturated heterocycles. The second-order valence-electron chi connectivity index (χ2n) is 4.35. The predicted molar refractivity (Wildman–Crippen MR) is 72.5 cm³/mol. The van der Waals surface area contributed by atoms with Gasteiger partial charge in [0.25, 0.3) is 0 Å². The van der Waals surface area contributed by atoms with E-state index in [2.05, 4.69) is 0 Å². The van der Waals surface area contributed by atoms with Crippen LogP contribution in [0, 0.1) is 0 Å². The van der Waals surface area contributed by atoms with Crippen molar-refractivity contribution in [3.8, 4) is 5.75 Å². The van der Waals surface area contributed by atoms with Crippen LogP contribution in [0.3, 0.4) is 0 Å². The minimum absolute atomic E-state index is 0.0566. The quantitative estimate of drug-likeness (QED) is 0.839. The van der Waals surface area contributed by atoms with E-state index in [0.717, 1.165) is 17.7 Å². The molecule has 2 N–H and O–H groups in total. The fourth-order valence-electron chi connectivity index (χ4n) is 1.75.